The summed E-state index contributed by atoms with van der Waals surface area (Å²) in [5.41, 5.74) is 0.690. The average Bonchev–Trinajstić information content (AvgIpc) is 3.24. The highest BCUT2D eigenvalue weighted by atomic mass is 35.5. The first-order valence-electron chi connectivity index (χ1n) is 7.44. The van der Waals surface area contributed by atoms with Crippen molar-refractivity contribution in [2.24, 2.45) is 13.0 Å². The highest BCUT2D eigenvalue weighted by Crippen LogP contribution is 2.33. The van der Waals surface area contributed by atoms with Crippen molar-refractivity contribution >= 4 is 35.0 Å². The third-order valence-corrected chi connectivity index (χ3v) is 5.06. The first-order chi connectivity index (χ1) is 11.1. The van der Waals surface area contributed by atoms with Crippen LogP contribution in [0.2, 0.25) is 5.02 Å². The van der Waals surface area contributed by atoms with Crippen molar-refractivity contribution in [1.82, 2.24) is 20.1 Å². The van der Waals surface area contributed by atoms with E-state index >= 15 is 0 Å². The van der Waals surface area contributed by atoms with Gasteiger partial charge in [0.15, 0.2) is 5.16 Å². The minimum absolute atomic E-state index is 0.0598. The number of nitrogens with one attached hydrogen (secondary N) is 2. The molecule has 1 fully saturated rings. The number of carbonyl (C=O) groups excluding carboxylic acids is 1. The summed E-state index contributed by atoms with van der Waals surface area (Å²) in [4.78, 5) is 12.7. The standard InChI is InChI=1S/C15H18ClN5OS/c1-21-9-18-20-15(21)23-13-5-4-11(6-12(13)16)19-14(22)8-17-7-10-2-3-10/h4-6,9-10,17H,2-3,7-8H2,1H3,(H,19,22). The summed E-state index contributed by atoms with van der Waals surface area (Å²) in [5.74, 6) is 0.699. The van der Waals surface area contributed by atoms with Crippen LogP contribution in [-0.2, 0) is 11.8 Å². The van der Waals surface area contributed by atoms with E-state index in [0.717, 1.165) is 22.5 Å². The number of halogens is 1. The quantitative estimate of drug-likeness (QED) is 0.802. The lowest BCUT2D eigenvalue weighted by Crippen LogP contribution is -2.29. The lowest BCUT2D eigenvalue weighted by Gasteiger charge is -2.09. The summed E-state index contributed by atoms with van der Waals surface area (Å²) in [6, 6.07) is 5.46. The maximum Gasteiger partial charge on any atom is 0.238 e. The molecule has 2 aromatic rings. The van der Waals surface area contributed by atoms with E-state index in [-0.39, 0.29) is 5.91 Å². The van der Waals surface area contributed by atoms with Crippen LogP contribution >= 0.6 is 23.4 Å². The first kappa shape index (κ1) is 16.3. The molecule has 1 aromatic heterocycles. The molecule has 122 valence electrons. The zero-order valence-electron chi connectivity index (χ0n) is 12.8. The van der Waals surface area contributed by atoms with Gasteiger partial charge in [0.1, 0.15) is 6.33 Å². The van der Waals surface area contributed by atoms with Crippen molar-refractivity contribution in [2.45, 2.75) is 22.9 Å². The van der Waals surface area contributed by atoms with Crippen LogP contribution < -0.4 is 10.6 Å². The summed E-state index contributed by atoms with van der Waals surface area (Å²) in [7, 11) is 1.87. The molecule has 0 bridgehead atoms. The van der Waals surface area contributed by atoms with Gasteiger partial charge in [0.2, 0.25) is 5.91 Å². The van der Waals surface area contributed by atoms with Crippen LogP contribution in [0.5, 0.6) is 0 Å². The Hall–Kier alpha value is -1.57. The van der Waals surface area contributed by atoms with Gasteiger partial charge in [-0.25, -0.2) is 0 Å². The molecule has 1 aliphatic carbocycles. The Morgan fingerprint density at radius 3 is 2.96 bits per heavy atom. The predicted octanol–water partition coefficient (Wildman–Crippen LogP) is 2.56. The second-order valence-corrected chi connectivity index (χ2v) is 7.01. The van der Waals surface area contributed by atoms with Gasteiger partial charge in [0.25, 0.3) is 0 Å². The first-order valence-corrected chi connectivity index (χ1v) is 8.63. The molecule has 0 spiro atoms. The van der Waals surface area contributed by atoms with Gasteiger partial charge >= 0.3 is 0 Å². The number of amides is 1. The molecule has 0 aliphatic heterocycles. The van der Waals surface area contributed by atoms with Crippen LogP contribution in [0, 0.1) is 5.92 Å². The smallest absolute Gasteiger partial charge is 0.238 e. The van der Waals surface area contributed by atoms with Crippen LogP contribution in [0.15, 0.2) is 34.6 Å². The van der Waals surface area contributed by atoms with Crippen molar-refractivity contribution in [3.8, 4) is 0 Å². The largest absolute Gasteiger partial charge is 0.325 e. The number of anilines is 1. The van der Waals surface area contributed by atoms with E-state index in [4.69, 9.17) is 11.6 Å². The number of carbonyl (C=O) groups is 1. The Bertz CT molecular complexity index is 701. The topological polar surface area (TPSA) is 71.8 Å². The normalized spacial score (nSPS) is 14.0. The van der Waals surface area contributed by atoms with Gasteiger partial charge in [-0.1, -0.05) is 11.6 Å². The van der Waals surface area contributed by atoms with Crippen molar-refractivity contribution in [3.63, 3.8) is 0 Å². The SMILES string of the molecule is Cn1cnnc1Sc1ccc(NC(=O)CNCC2CC2)cc1Cl. The summed E-state index contributed by atoms with van der Waals surface area (Å²) >= 11 is 7.72. The fourth-order valence-corrected chi connectivity index (χ4v) is 3.11. The average molecular weight is 352 g/mol. The van der Waals surface area contributed by atoms with Crippen LogP contribution in [-0.4, -0.2) is 33.8 Å². The van der Waals surface area contributed by atoms with E-state index in [9.17, 15) is 4.79 Å². The van der Waals surface area contributed by atoms with Crippen LogP contribution in [0.4, 0.5) is 5.69 Å². The van der Waals surface area contributed by atoms with Crippen LogP contribution in [0.1, 0.15) is 12.8 Å². The zero-order valence-corrected chi connectivity index (χ0v) is 14.3. The second kappa shape index (κ2) is 7.33. The predicted molar refractivity (Wildman–Crippen MR) is 90.8 cm³/mol. The van der Waals surface area contributed by atoms with Gasteiger partial charge < -0.3 is 15.2 Å². The van der Waals surface area contributed by atoms with E-state index in [1.54, 1.807) is 12.4 Å². The van der Waals surface area contributed by atoms with E-state index in [1.165, 1.54) is 24.6 Å². The molecule has 2 N–H and O–H groups in total. The molecule has 3 rings (SSSR count). The molecule has 0 atom stereocenters. The Morgan fingerprint density at radius 1 is 1.48 bits per heavy atom. The molecule has 1 saturated carbocycles. The molecule has 0 radical (unpaired) electrons. The van der Waals surface area contributed by atoms with Gasteiger partial charge in [-0.3, -0.25) is 4.79 Å². The van der Waals surface area contributed by atoms with Gasteiger partial charge in [0, 0.05) is 17.6 Å². The summed E-state index contributed by atoms with van der Waals surface area (Å²) in [6.07, 6.45) is 4.18. The molecule has 6 nitrogen and oxygen atoms in total. The molecule has 8 heteroatoms. The Labute approximate surface area is 144 Å². The highest BCUT2D eigenvalue weighted by Gasteiger charge is 2.20. The number of aryl methyl sites for hydroxylation is 1. The molecular weight excluding hydrogens is 334 g/mol. The molecule has 1 amide bonds. The Balaban J connectivity index is 1.55. The maximum absolute atomic E-state index is 11.9. The number of aromatic nitrogens is 3. The van der Waals surface area contributed by atoms with Crippen LogP contribution in [0.3, 0.4) is 0 Å². The highest BCUT2D eigenvalue weighted by molar-refractivity contribution is 7.99. The lowest BCUT2D eigenvalue weighted by molar-refractivity contribution is -0.115. The van der Waals surface area contributed by atoms with Gasteiger partial charge in [-0.2, -0.15) is 0 Å². The Morgan fingerprint density at radius 2 is 2.30 bits per heavy atom. The van der Waals surface area contributed by atoms with Crippen molar-refractivity contribution in [1.29, 1.82) is 0 Å². The van der Waals surface area contributed by atoms with E-state index < -0.39 is 0 Å². The lowest BCUT2D eigenvalue weighted by atomic mass is 10.3. The molecule has 1 aliphatic rings. The molecule has 23 heavy (non-hydrogen) atoms. The van der Waals surface area contributed by atoms with Crippen LogP contribution in [0.25, 0.3) is 0 Å². The second-order valence-electron chi connectivity index (χ2n) is 5.59. The van der Waals surface area contributed by atoms with E-state index in [2.05, 4.69) is 20.8 Å². The minimum atomic E-state index is -0.0598. The van der Waals surface area contributed by atoms with Gasteiger partial charge in [-0.05, 0) is 55.3 Å². The molecule has 1 heterocycles. The van der Waals surface area contributed by atoms with Gasteiger partial charge in [0.05, 0.1) is 11.6 Å². The number of benzene rings is 1. The third kappa shape index (κ3) is 4.70. The molecule has 1 aromatic carbocycles. The molecule has 0 unspecified atom stereocenters. The summed E-state index contributed by atoms with van der Waals surface area (Å²) in [6.45, 7) is 1.24. The number of hydrogen-bond donors (Lipinski definition) is 2. The van der Waals surface area contributed by atoms with Crippen molar-refractivity contribution in [2.75, 3.05) is 18.4 Å². The minimum Gasteiger partial charge on any atom is -0.325 e. The fraction of sp³-hybridized carbons (Fsp3) is 0.400. The van der Waals surface area contributed by atoms with E-state index in [0.29, 0.717) is 17.3 Å². The van der Waals surface area contributed by atoms with Crippen molar-refractivity contribution in [3.05, 3.63) is 29.5 Å². The van der Waals surface area contributed by atoms with Crippen molar-refractivity contribution < 1.29 is 4.79 Å². The summed E-state index contributed by atoms with van der Waals surface area (Å²) in [5, 5.41) is 15.2. The molecular formula is C15H18ClN5OS. The maximum atomic E-state index is 11.9. The molecule has 0 saturated heterocycles. The third-order valence-electron chi connectivity index (χ3n) is 3.50. The van der Waals surface area contributed by atoms with E-state index in [1.807, 2.05) is 23.7 Å². The zero-order chi connectivity index (χ0) is 16.2. The summed E-state index contributed by atoms with van der Waals surface area (Å²) < 4.78 is 1.82. The van der Waals surface area contributed by atoms with Gasteiger partial charge in [-0.15, -0.1) is 10.2 Å². The number of nitrogens with zero attached hydrogens (tertiary/aromatic N) is 3. The number of rotatable bonds is 7. The fourth-order valence-electron chi connectivity index (χ4n) is 2.04. The monoisotopic (exact) mass is 351 g/mol. The number of hydrogen-bond acceptors (Lipinski definition) is 5. The Kier molecular flexibility index (Phi) is 5.20.